The molecule has 1 unspecified atom stereocenters. The number of carbonyl (C=O) groups is 3. The first-order valence-electron chi connectivity index (χ1n) is 12.0. The third kappa shape index (κ3) is 6.17. The number of rotatable bonds is 8. The lowest BCUT2D eigenvalue weighted by Gasteiger charge is -2.33. The van der Waals surface area contributed by atoms with Crippen molar-refractivity contribution in [3.8, 4) is 0 Å². The first-order valence-corrected chi connectivity index (χ1v) is 12.9. The van der Waals surface area contributed by atoms with E-state index < -0.39 is 6.04 Å². The number of benzene rings is 2. The van der Waals surface area contributed by atoms with Crippen LogP contribution in [0.3, 0.4) is 0 Å². The van der Waals surface area contributed by atoms with E-state index in [4.69, 9.17) is 0 Å². The molecule has 0 spiro atoms. The zero-order valence-electron chi connectivity index (χ0n) is 20.1. The lowest BCUT2D eigenvalue weighted by molar-refractivity contribution is -0.127. The fourth-order valence-electron chi connectivity index (χ4n) is 4.63. The van der Waals surface area contributed by atoms with Crippen LogP contribution in [0.4, 0.5) is 11.4 Å². The summed E-state index contributed by atoms with van der Waals surface area (Å²) < 4.78 is 0. The number of amides is 3. The molecule has 0 aliphatic heterocycles. The molecule has 1 saturated carbocycles. The predicted molar refractivity (Wildman–Crippen MR) is 141 cm³/mol. The molecule has 1 aliphatic rings. The summed E-state index contributed by atoms with van der Waals surface area (Å²) in [6, 6.07) is 18.0. The summed E-state index contributed by atoms with van der Waals surface area (Å²) in [6.07, 6.45) is 4.32. The van der Waals surface area contributed by atoms with Crippen molar-refractivity contribution >= 4 is 40.4 Å². The molecule has 4 rings (SSSR count). The van der Waals surface area contributed by atoms with Crippen LogP contribution >= 0.6 is 11.3 Å². The van der Waals surface area contributed by atoms with Crippen molar-refractivity contribution in [1.29, 1.82) is 0 Å². The Bertz CT molecular complexity index is 1170. The molecule has 1 aliphatic carbocycles. The van der Waals surface area contributed by atoms with E-state index in [9.17, 15) is 14.4 Å². The molecule has 1 aromatic heterocycles. The average molecular weight is 490 g/mol. The Kier molecular flexibility index (Phi) is 7.98. The highest BCUT2D eigenvalue weighted by molar-refractivity contribution is 7.10. The summed E-state index contributed by atoms with van der Waals surface area (Å²) in [5.74, 6) is -0.497. The van der Waals surface area contributed by atoms with Crippen molar-refractivity contribution in [1.82, 2.24) is 5.32 Å². The molecular weight excluding hydrogens is 458 g/mol. The topological polar surface area (TPSA) is 78.5 Å². The van der Waals surface area contributed by atoms with Crippen LogP contribution in [0.25, 0.3) is 0 Å². The summed E-state index contributed by atoms with van der Waals surface area (Å²) >= 11 is 1.52. The molecule has 182 valence electrons. The molecule has 0 bridgehead atoms. The monoisotopic (exact) mass is 489 g/mol. The first kappa shape index (κ1) is 24.7. The van der Waals surface area contributed by atoms with Crippen LogP contribution in [0, 0.1) is 6.92 Å². The zero-order chi connectivity index (χ0) is 24.8. The standard InChI is InChI=1S/C28H31N3O3S/c1-19-8-3-6-12-25(19)27(28(34)30-21-9-4-5-10-21)31(26(33)18-24-11-7-17-35-24)23-15-13-22(14-16-23)29-20(2)32/h3,6-8,11-17,21,27H,4-5,9-10,18H2,1-2H3,(H,29,32)(H,30,34). The SMILES string of the molecule is CC(=O)Nc1ccc(N(C(=O)Cc2cccs2)C(C(=O)NC2CCCC2)c2ccccc2C)cc1. The Balaban J connectivity index is 1.76. The third-order valence-corrected chi connectivity index (χ3v) is 7.21. The molecule has 3 aromatic rings. The van der Waals surface area contributed by atoms with Gasteiger partial charge in [0, 0.05) is 29.2 Å². The molecule has 2 N–H and O–H groups in total. The Labute approximate surface area is 210 Å². The van der Waals surface area contributed by atoms with Gasteiger partial charge in [0.25, 0.3) is 0 Å². The fraction of sp³-hybridized carbons (Fsp3) is 0.321. The van der Waals surface area contributed by atoms with Crippen LogP contribution in [-0.2, 0) is 20.8 Å². The van der Waals surface area contributed by atoms with Crippen molar-refractivity contribution in [2.24, 2.45) is 0 Å². The van der Waals surface area contributed by atoms with Crippen molar-refractivity contribution < 1.29 is 14.4 Å². The van der Waals surface area contributed by atoms with Gasteiger partial charge in [0.05, 0.1) is 6.42 Å². The van der Waals surface area contributed by atoms with Crippen LogP contribution in [0.2, 0.25) is 0 Å². The Morgan fingerprint density at radius 2 is 1.71 bits per heavy atom. The van der Waals surface area contributed by atoms with Gasteiger partial charge in [0.1, 0.15) is 6.04 Å². The minimum Gasteiger partial charge on any atom is -0.351 e. The van der Waals surface area contributed by atoms with Crippen LogP contribution in [-0.4, -0.2) is 23.8 Å². The van der Waals surface area contributed by atoms with Gasteiger partial charge in [-0.15, -0.1) is 11.3 Å². The van der Waals surface area contributed by atoms with Crippen molar-refractivity contribution in [2.45, 2.75) is 58.0 Å². The molecule has 1 heterocycles. The maximum absolute atomic E-state index is 13.8. The number of nitrogens with zero attached hydrogens (tertiary/aromatic N) is 1. The molecule has 0 saturated heterocycles. The molecular formula is C28H31N3O3S. The highest BCUT2D eigenvalue weighted by atomic mass is 32.1. The van der Waals surface area contributed by atoms with E-state index in [2.05, 4.69) is 10.6 Å². The molecule has 2 aromatic carbocycles. The van der Waals surface area contributed by atoms with Crippen LogP contribution in [0.5, 0.6) is 0 Å². The van der Waals surface area contributed by atoms with E-state index in [1.165, 1.54) is 18.3 Å². The zero-order valence-corrected chi connectivity index (χ0v) is 20.9. The Morgan fingerprint density at radius 1 is 1.00 bits per heavy atom. The second-order valence-corrected chi connectivity index (χ2v) is 10.0. The second kappa shape index (κ2) is 11.3. The number of carbonyl (C=O) groups excluding carboxylic acids is 3. The van der Waals surface area contributed by atoms with Gasteiger partial charge in [0.15, 0.2) is 0 Å². The van der Waals surface area contributed by atoms with Crippen LogP contribution in [0.15, 0.2) is 66.0 Å². The highest BCUT2D eigenvalue weighted by Crippen LogP contribution is 2.32. The smallest absolute Gasteiger partial charge is 0.248 e. The number of nitrogens with one attached hydrogen (secondary N) is 2. The number of anilines is 2. The largest absolute Gasteiger partial charge is 0.351 e. The summed E-state index contributed by atoms with van der Waals surface area (Å²) in [5, 5.41) is 7.92. The van der Waals surface area contributed by atoms with E-state index in [0.717, 1.165) is 41.7 Å². The molecule has 7 heteroatoms. The molecule has 0 radical (unpaired) electrons. The average Bonchev–Trinajstić information content (AvgIpc) is 3.53. The minimum atomic E-state index is -0.809. The van der Waals surface area contributed by atoms with E-state index in [1.54, 1.807) is 29.2 Å². The summed E-state index contributed by atoms with van der Waals surface area (Å²) in [7, 11) is 0. The van der Waals surface area contributed by atoms with E-state index in [0.29, 0.717) is 11.4 Å². The number of hydrogen-bond donors (Lipinski definition) is 2. The summed E-state index contributed by atoms with van der Waals surface area (Å²) in [6.45, 7) is 3.42. The van der Waals surface area contributed by atoms with Crippen LogP contribution < -0.4 is 15.5 Å². The quantitative estimate of drug-likeness (QED) is 0.445. The lowest BCUT2D eigenvalue weighted by atomic mass is 9.97. The molecule has 1 atom stereocenters. The predicted octanol–water partition coefficient (Wildman–Crippen LogP) is 5.39. The first-order chi connectivity index (χ1) is 16.9. The number of hydrogen-bond acceptors (Lipinski definition) is 4. The van der Waals surface area contributed by atoms with Crippen LogP contribution in [0.1, 0.15) is 54.7 Å². The van der Waals surface area contributed by atoms with Gasteiger partial charge in [-0.3, -0.25) is 19.3 Å². The van der Waals surface area contributed by atoms with Gasteiger partial charge < -0.3 is 10.6 Å². The Hall–Kier alpha value is -3.45. The van der Waals surface area contributed by atoms with Gasteiger partial charge in [-0.25, -0.2) is 0 Å². The molecule has 35 heavy (non-hydrogen) atoms. The third-order valence-electron chi connectivity index (χ3n) is 6.33. The maximum atomic E-state index is 13.8. The van der Waals surface area contributed by atoms with Gasteiger partial charge >= 0.3 is 0 Å². The maximum Gasteiger partial charge on any atom is 0.248 e. The van der Waals surface area contributed by atoms with Gasteiger partial charge in [-0.1, -0.05) is 43.2 Å². The lowest BCUT2D eigenvalue weighted by Crippen LogP contribution is -2.47. The van der Waals surface area contributed by atoms with Gasteiger partial charge in [-0.05, 0) is 66.6 Å². The van der Waals surface area contributed by atoms with Crippen molar-refractivity contribution in [3.63, 3.8) is 0 Å². The highest BCUT2D eigenvalue weighted by Gasteiger charge is 2.35. The van der Waals surface area contributed by atoms with Crippen molar-refractivity contribution in [2.75, 3.05) is 10.2 Å². The summed E-state index contributed by atoms with van der Waals surface area (Å²) in [4.78, 5) is 41.7. The van der Waals surface area contributed by atoms with Gasteiger partial charge in [-0.2, -0.15) is 0 Å². The van der Waals surface area contributed by atoms with E-state index >= 15 is 0 Å². The number of thiophene rings is 1. The van der Waals surface area contributed by atoms with E-state index in [-0.39, 0.29) is 30.2 Å². The molecule has 1 fully saturated rings. The van der Waals surface area contributed by atoms with Gasteiger partial charge in [0.2, 0.25) is 17.7 Å². The summed E-state index contributed by atoms with van der Waals surface area (Å²) in [5.41, 5.74) is 2.99. The minimum absolute atomic E-state index is 0.130. The molecule has 3 amide bonds. The normalized spacial score (nSPS) is 14.3. The number of aryl methyl sites for hydroxylation is 1. The molecule has 6 nitrogen and oxygen atoms in total. The van der Waals surface area contributed by atoms with Crippen molar-refractivity contribution in [3.05, 3.63) is 82.0 Å². The second-order valence-electron chi connectivity index (χ2n) is 9.00. The fourth-order valence-corrected chi connectivity index (χ4v) is 5.33. The van der Waals surface area contributed by atoms with E-state index in [1.807, 2.05) is 48.7 Å². The Morgan fingerprint density at radius 3 is 2.34 bits per heavy atom.